The molecule has 0 saturated carbocycles. The van der Waals surface area contributed by atoms with Gasteiger partial charge in [0.25, 0.3) is 0 Å². The number of hydrogen-bond acceptors (Lipinski definition) is 1. The van der Waals surface area contributed by atoms with Gasteiger partial charge in [-0.3, -0.25) is 4.68 Å². The van der Waals surface area contributed by atoms with Crippen LogP contribution in [0, 0.1) is 6.92 Å². The third-order valence-electron chi connectivity index (χ3n) is 2.59. The molecule has 0 aromatic carbocycles. The Bertz CT molecular complexity index is 274. The Kier molecular flexibility index (Phi) is 4.18. The molecule has 0 aliphatic carbocycles. The lowest BCUT2D eigenvalue weighted by atomic mass is 10.1. The number of aryl methyl sites for hydroxylation is 2. The maximum atomic E-state index is 4.43. The smallest absolute Gasteiger partial charge is 0.0521 e. The highest BCUT2D eigenvalue weighted by Gasteiger charge is 2.10. The van der Waals surface area contributed by atoms with Gasteiger partial charge in [0.2, 0.25) is 0 Å². The second kappa shape index (κ2) is 5.18. The third-order valence-corrected chi connectivity index (χ3v) is 2.59. The van der Waals surface area contributed by atoms with Crippen LogP contribution in [0.15, 0.2) is 6.20 Å². The predicted octanol–water partition coefficient (Wildman–Crippen LogP) is 3.51. The molecule has 1 rings (SSSR count). The van der Waals surface area contributed by atoms with E-state index in [-0.39, 0.29) is 0 Å². The van der Waals surface area contributed by atoms with E-state index in [1.807, 2.05) is 6.20 Å². The minimum absolute atomic E-state index is 0.583. The van der Waals surface area contributed by atoms with E-state index >= 15 is 0 Å². The van der Waals surface area contributed by atoms with Crippen LogP contribution in [-0.4, -0.2) is 9.78 Å². The molecule has 0 aliphatic rings. The molecule has 0 spiro atoms. The van der Waals surface area contributed by atoms with Crippen molar-refractivity contribution in [2.75, 3.05) is 0 Å². The van der Waals surface area contributed by atoms with Crippen LogP contribution in [0.2, 0.25) is 0 Å². The zero-order chi connectivity index (χ0) is 10.6. The highest BCUT2D eigenvalue weighted by molar-refractivity contribution is 5.18. The lowest BCUT2D eigenvalue weighted by Crippen LogP contribution is -2.07. The van der Waals surface area contributed by atoms with Crippen LogP contribution < -0.4 is 0 Å². The second-order valence-electron chi connectivity index (χ2n) is 4.30. The molecule has 0 bridgehead atoms. The Balaban J connectivity index is 2.66. The Labute approximate surface area is 87.3 Å². The van der Waals surface area contributed by atoms with Crippen molar-refractivity contribution < 1.29 is 0 Å². The van der Waals surface area contributed by atoms with Gasteiger partial charge < -0.3 is 0 Å². The average molecular weight is 194 g/mol. The van der Waals surface area contributed by atoms with Gasteiger partial charge in [-0.05, 0) is 24.8 Å². The van der Waals surface area contributed by atoms with E-state index in [1.165, 1.54) is 30.5 Å². The Hall–Kier alpha value is -0.790. The Morgan fingerprint density at radius 1 is 1.36 bits per heavy atom. The summed E-state index contributed by atoms with van der Waals surface area (Å²) in [5.41, 5.74) is 2.73. The maximum Gasteiger partial charge on any atom is 0.0521 e. The molecule has 0 atom stereocenters. The van der Waals surface area contributed by atoms with Gasteiger partial charge in [0.1, 0.15) is 0 Å². The van der Waals surface area contributed by atoms with E-state index in [1.54, 1.807) is 0 Å². The summed E-state index contributed by atoms with van der Waals surface area (Å²) in [4.78, 5) is 0. The molecule has 1 heterocycles. The van der Waals surface area contributed by atoms with Crippen LogP contribution in [0.25, 0.3) is 0 Å². The quantitative estimate of drug-likeness (QED) is 0.656. The fourth-order valence-electron chi connectivity index (χ4n) is 1.93. The molecule has 2 heteroatoms. The average Bonchev–Trinajstić information content (AvgIpc) is 2.47. The number of hydrogen-bond donors (Lipinski definition) is 0. The molecular weight excluding hydrogens is 172 g/mol. The van der Waals surface area contributed by atoms with E-state index in [2.05, 4.69) is 37.5 Å². The molecule has 0 fully saturated rings. The van der Waals surface area contributed by atoms with Gasteiger partial charge in [-0.2, -0.15) is 5.10 Å². The summed E-state index contributed by atoms with van der Waals surface area (Å²) in [6, 6.07) is 0. The maximum absolute atomic E-state index is 4.43. The van der Waals surface area contributed by atoms with Crippen LogP contribution >= 0.6 is 0 Å². The highest BCUT2D eigenvalue weighted by Crippen LogP contribution is 2.18. The summed E-state index contributed by atoms with van der Waals surface area (Å²) in [6.07, 6.45) is 5.81. The molecule has 1 aromatic rings. The van der Waals surface area contributed by atoms with Crippen LogP contribution in [0.5, 0.6) is 0 Å². The van der Waals surface area contributed by atoms with Gasteiger partial charge in [-0.15, -0.1) is 0 Å². The third kappa shape index (κ3) is 2.60. The number of nitrogens with zero attached hydrogens (tertiary/aromatic N) is 2. The molecule has 2 nitrogen and oxygen atoms in total. The van der Waals surface area contributed by atoms with Crippen molar-refractivity contribution in [1.29, 1.82) is 0 Å². The summed E-state index contributed by atoms with van der Waals surface area (Å²) in [5, 5.41) is 4.43. The molecule has 0 saturated heterocycles. The van der Waals surface area contributed by atoms with Crippen molar-refractivity contribution in [3.8, 4) is 0 Å². The first-order valence-electron chi connectivity index (χ1n) is 5.69. The molecular formula is C12H22N2. The SMILES string of the molecule is CCCCCn1ncc(C)c1C(C)C. The van der Waals surface area contributed by atoms with Gasteiger partial charge in [0.05, 0.1) is 6.20 Å². The summed E-state index contributed by atoms with van der Waals surface area (Å²) in [6.45, 7) is 9.94. The van der Waals surface area contributed by atoms with Crippen molar-refractivity contribution in [1.82, 2.24) is 9.78 Å². The monoisotopic (exact) mass is 194 g/mol. The Morgan fingerprint density at radius 3 is 2.64 bits per heavy atom. The first-order valence-corrected chi connectivity index (χ1v) is 5.69. The van der Waals surface area contributed by atoms with E-state index in [0.29, 0.717) is 5.92 Å². The van der Waals surface area contributed by atoms with Crippen LogP contribution in [0.1, 0.15) is 57.2 Å². The summed E-state index contributed by atoms with van der Waals surface area (Å²) < 4.78 is 2.18. The minimum Gasteiger partial charge on any atom is -0.269 e. The number of aromatic nitrogens is 2. The lowest BCUT2D eigenvalue weighted by Gasteiger charge is -2.11. The van der Waals surface area contributed by atoms with Crippen molar-refractivity contribution in [2.45, 2.75) is 59.4 Å². The zero-order valence-electron chi connectivity index (χ0n) is 9.88. The topological polar surface area (TPSA) is 17.8 Å². The van der Waals surface area contributed by atoms with E-state index in [4.69, 9.17) is 0 Å². The summed E-state index contributed by atoms with van der Waals surface area (Å²) >= 11 is 0. The van der Waals surface area contributed by atoms with Crippen molar-refractivity contribution in [2.24, 2.45) is 0 Å². The zero-order valence-corrected chi connectivity index (χ0v) is 9.88. The minimum atomic E-state index is 0.583. The predicted molar refractivity (Wildman–Crippen MR) is 60.6 cm³/mol. The Morgan fingerprint density at radius 2 is 2.07 bits per heavy atom. The summed E-state index contributed by atoms with van der Waals surface area (Å²) in [7, 11) is 0. The normalized spacial score (nSPS) is 11.2. The van der Waals surface area contributed by atoms with Crippen molar-refractivity contribution >= 4 is 0 Å². The fraction of sp³-hybridized carbons (Fsp3) is 0.750. The second-order valence-corrected chi connectivity index (χ2v) is 4.30. The highest BCUT2D eigenvalue weighted by atomic mass is 15.3. The number of rotatable bonds is 5. The standard InChI is InChI=1S/C12H22N2/c1-5-6-7-8-14-12(10(2)3)11(4)9-13-14/h9-10H,5-8H2,1-4H3. The van der Waals surface area contributed by atoms with Gasteiger partial charge in [0.15, 0.2) is 0 Å². The molecule has 14 heavy (non-hydrogen) atoms. The summed E-state index contributed by atoms with van der Waals surface area (Å²) in [5.74, 6) is 0.583. The van der Waals surface area contributed by atoms with E-state index < -0.39 is 0 Å². The molecule has 1 aromatic heterocycles. The van der Waals surface area contributed by atoms with Crippen molar-refractivity contribution in [3.05, 3.63) is 17.5 Å². The molecule has 0 unspecified atom stereocenters. The van der Waals surface area contributed by atoms with Crippen LogP contribution in [-0.2, 0) is 6.54 Å². The fourth-order valence-corrected chi connectivity index (χ4v) is 1.93. The van der Waals surface area contributed by atoms with Crippen LogP contribution in [0.4, 0.5) is 0 Å². The van der Waals surface area contributed by atoms with E-state index in [9.17, 15) is 0 Å². The van der Waals surface area contributed by atoms with Gasteiger partial charge in [-0.25, -0.2) is 0 Å². The lowest BCUT2D eigenvalue weighted by molar-refractivity contribution is 0.522. The van der Waals surface area contributed by atoms with Gasteiger partial charge >= 0.3 is 0 Å². The van der Waals surface area contributed by atoms with Crippen LogP contribution in [0.3, 0.4) is 0 Å². The first-order chi connectivity index (χ1) is 6.66. The molecule has 0 N–H and O–H groups in total. The van der Waals surface area contributed by atoms with Gasteiger partial charge in [0, 0.05) is 12.2 Å². The first kappa shape index (κ1) is 11.3. The molecule has 0 radical (unpaired) electrons. The molecule has 0 amide bonds. The van der Waals surface area contributed by atoms with E-state index in [0.717, 1.165) is 6.54 Å². The van der Waals surface area contributed by atoms with Crippen molar-refractivity contribution in [3.63, 3.8) is 0 Å². The molecule has 0 aliphatic heterocycles. The largest absolute Gasteiger partial charge is 0.269 e. The molecule has 80 valence electrons. The number of unbranched alkanes of at least 4 members (excludes halogenated alkanes) is 2. The van der Waals surface area contributed by atoms with Gasteiger partial charge in [-0.1, -0.05) is 33.6 Å².